The van der Waals surface area contributed by atoms with Crippen molar-refractivity contribution < 1.29 is 157 Å². The lowest BCUT2D eigenvalue weighted by Gasteiger charge is -2.25. The van der Waals surface area contributed by atoms with Gasteiger partial charge < -0.3 is 85.3 Å². The molecular weight excluding hydrogens is 1320 g/mol. The zero-order valence-electron chi connectivity index (χ0n) is 54.8. The first-order chi connectivity index (χ1) is 46.3. The van der Waals surface area contributed by atoms with Crippen molar-refractivity contribution in [1.29, 1.82) is 0 Å². The summed E-state index contributed by atoms with van der Waals surface area (Å²) >= 11 is 0. The number of hydrogen-bond donors (Lipinski definition) is 0. The fourth-order valence-electron chi connectivity index (χ4n) is 8.71. The van der Waals surface area contributed by atoms with E-state index in [9.17, 15) is 71.9 Å². The smallest absolute Gasteiger partial charge is 0.308 e. The van der Waals surface area contributed by atoms with Gasteiger partial charge in [0.15, 0.2) is 34.5 Å². The molecular formula is C66H56O33. The molecule has 0 radical (unpaired) electrons. The van der Waals surface area contributed by atoms with Gasteiger partial charge in [0.25, 0.3) is 0 Å². The van der Waals surface area contributed by atoms with Crippen LogP contribution in [0.2, 0.25) is 0 Å². The van der Waals surface area contributed by atoms with E-state index in [4.69, 9.17) is 85.3 Å². The minimum Gasteiger partial charge on any atom is -0.449 e. The Kier molecular flexibility index (Phi) is 24.4. The molecule has 0 aliphatic rings. The van der Waals surface area contributed by atoms with Crippen LogP contribution in [0.15, 0.2) is 66.7 Å². The van der Waals surface area contributed by atoms with E-state index in [1.54, 1.807) is 0 Å². The Labute approximate surface area is 558 Å². The van der Waals surface area contributed by atoms with Gasteiger partial charge in [-0.1, -0.05) is 0 Å². The van der Waals surface area contributed by atoms with Crippen molar-refractivity contribution in [2.75, 3.05) is 0 Å². The van der Waals surface area contributed by atoms with E-state index in [2.05, 4.69) is 0 Å². The van der Waals surface area contributed by atoms with Crippen molar-refractivity contribution in [3.05, 3.63) is 66.7 Å². The topological polar surface area (TPSA) is 422 Å². The molecule has 518 valence electrons. The number of ether oxygens (including phenoxy) is 18. The SMILES string of the molecule is CC(=O)Oc1cc(OC(C)=O)cc(Oc2c(Oc3c(OC(C)=O)cc(OC(C)=O)c(-c4c(OC(C)=O)cc(OC(C)=O)cc4OC(C)=O)c3OC(C)=O)cc(OC(C)=O)cc2Oc2c(OC(C)=O)cc(OC(C)=O)c(-c3c(OC(C)=O)cc(OC(C)=O)cc3OC(C)=O)c2OC(C)=O)c1. The molecule has 0 atom stereocenters. The van der Waals surface area contributed by atoms with Gasteiger partial charge in [-0.3, -0.25) is 71.9 Å². The molecule has 6 aromatic rings. The van der Waals surface area contributed by atoms with Crippen LogP contribution in [0.3, 0.4) is 0 Å². The van der Waals surface area contributed by atoms with Crippen LogP contribution >= 0.6 is 0 Å². The Balaban J connectivity index is 1.97. The molecule has 0 saturated heterocycles. The number of carbonyl (C=O) groups is 15. The van der Waals surface area contributed by atoms with Gasteiger partial charge in [0.1, 0.15) is 69.0 Å². The minimum atomic E-state index is -1.29. The molecule has 33 heteroatoms. The zero-order valence-corrected chi connectivity index (χ0v) is 54.8. The third kappa shape index (κ3) is 20.9. The van der Waals surface area contributed by atoms with Gasteiger partial charge in [-0.25, -0.2) is 0 Å². The highest BCUT2D eigenvalue weighted by molar-refractivity contribution is 5.98. The number of esters is 15. The molecule has 0 heterocycles. The van der Waals surface area contributed by atoms with Crippen molar-refractivity contribution in [2.24, 2.45) is 0 Å². The average Bonchev–Trinajstić information content (AvgIpc) is 0.752. The Morgan fingerprint density at radius 3 is 0.586 bits per heavy atom. The van der Waals surface area contributed by atoms with Gasteiger partial charge in [-0.2, -0.15) is 0 Å². The quantitative estimate of drug-likeness (QED) is 0.0425. The molecule has 0 N–H and O–H groups in total. The Bertz CT molecular complexity index is 4080. The van der Waals surface area contributed by atoms with Gasteiger partial charge in [0.2, 0.25) is 17.2 Å². The van der Waals surface area contributed by atoms with Crippen molar-refractivity contribution >= 4 is 89.5 Å². The highest BCUT2D eigenvalue weighted by Crippen LogP contribution is 2.61. The fraction of sp³-hybridized carbons (Fsp3) is 0.227. The van der Waals surface area contributed by atoms with Crippen molar-refractivity contribution in [3.8, 4) is 143 Å². The molecule has 0 saturated carbocycles. The van der Waals surface area contributed by atoms with E-state index in [-0.39, 0.29) is 0 Å². The molecule has 33 nitrogen and oxygen atoms in total. The predicted octanol–water partition coefficient (Wildman–Crippen LogP) is 9.28. The Morgan fingerprint density at radius 2 is 0.354 bits per heavy atom. The van der Waals surface area contributed by atoms with Crippen LogP contribution in [0.4, 0.5) is 0 Å². The van der Waals surface area contributed by atoms with Crippen LogP contribution in [0.25, 0.3) is 22.3 Å². The largest absolute Gasteiger partial charge is 0.449 e. The summed E-state index contributed by atoms with van der Waals surface area (Å²) in [5.74, 6) is -32.6. The summed E-state index contributed by atoms with van der Waals surface area (Å²) in [7, 11) is 0. The zero-order chi connectivity index (χ0) is 73.6. The maximum absolute atomic E-state index is 13.7. The number of rotatable bonds is 23. The van der Waals surface area contributed by atoms with Gasteiger partial charge in [-0.05, 0) is 0 Å². The van der Waals surface area contributed by atoms with E-state index in [1.807, 2.05) is 0 Å². The second kappa shape index (κ2) is 32.3. The van der Waals surface area contributed by atoms with Crippen LogP contribution in [0, 0.1) is 0 Å². The van der Waals surface area contributed by atoms with E-state index in [1.165, 1.54) is 0 Å². The first-order valence-electron chi connectivity index (χ1n) is 28.3. The van der Waals surface area contributed by atoms with Crippen molar-refractivity contribution in [2.45, 2.75) is 104 Å². The highest BCUT2D eigenvalue weighted by Gasteiger charge is 2.37. The second-order valence-corrected chi connectivity index (χ2v) is 20.0. The molecule has 0 bridgehead atoms. The van der Waals surface area contributed by atoms with Crippen molar-refractivity contribution in [3.63, 3.8) is 0 Å². The van der Waals surface area contributed by atoms with E-state index >= 15 is 0 Å². The summed E-state index contributed by atoms with van der Waals surface area (Å²) in [5, 5.41) is 0. The molecule has 0 fully saturated rings. The van der Waals surface area contributed by atoms with Crippen LogP contribution < -0.4 is 85.3 Å². The van der Waals surface area contributed by atoms with Crippen LogP contribution in [0.1, 0.15) is 104 Å². The van der Waals surface area contributed by atoms with E-state index in [0.717, 1.165) is 171 Å². The van der Waals surface area contributed by atoms with Gasteiger partial charge in [0, 0.05) is 171 Å². The first-order valence-corrected chi connectivity index (χ1v) is 28.3. The van der Waals surface area contributed by atoms with E-state index in [0.29, 0.717) is 0 Å². The summed E-state index contributed by atoms with van der Waals surface area (Å²) in [6.45, 7) is 13.6. The van der Waals surface area contributed by atoms with Crippen LogP contribution in [-0.2, 0) is 71.9 Å². The third-order valence-corrected chi connectivity index (χ3v) is 11.2. The van der Waals surface area contributed by atoms with Crippen LogP contribution in [-0.4, -0.2) is 89.5 Å². The molecule has 0 aliphatic carbocycles. The lowest BCUT2D eigenvalue weighted by molar-refractivity contribution is -0.134. The maximum Gasteiger partial charge on any atom is 0.308 e. The number of carbonyl (C=O) groups excluding carboxylic acids is 15. The highest BCUT2D eigenvalue weighted by atomic mass is 16.6. The predicted molar refractivity (Wildman–Crippen MR) is 326 cm³/mol. The lowest BCUT2D eigenvalue weighted by atomic mass is 9.99. The van der Waals surface area contributed by atoms with E-state index < -0.39 is 233 Å². The molecule has 0 spiro atoms. The summed E-state index contributed by atoms with van der Waals surface area (Å²) in [5.41, 5.74) is -2.83. The Hall–Kier alpha value is -13.2. The van der Waals surface area contributed by atoms with Gasteiger partial charge >= 0.3 is 89.5 Å². The first kappa shape index (κ1) is 74.8. The molecule has 0 aliphatic heterocycles. The second-order valence-electron chi connectivity index (χ2n) is 20.0. The van der Waals surface area contributed by atoms with Gasteiger partial charge in [-0.15, -0.1) is 0 Å². The number of hydrogen-bond acceptors (Lipinski definition) is 33. The van der Waals surface area contributed by atoms with Gasteiger partial charge in [0.05, 0.1) is 22.3 Å². The fourth-order valence-corrected chi connectivity index (χ4v) is 8.71. The lowest BCUT2D eigenvalue weighted by Crippen LogP contribution is -2.13. The molecule has 0 aromatic heterocycles. The molecule has 0 amide bonds. The maximum atomic E-state index is 13.7. The number of benzene rings is 6. The standard InChI is InChI=1S/C66H56O33/c1-27(67)82-42-16-43(83-28(2)68)18-44(17-42)97-62-54(98-63-56(93-38(12)78)25-52(91-36(10)76)60(65(63)95-40(14)80)58-48(87-32(6)72)19-45(84-29(3)69)20-49(58)88-33(7)73)23-47(86-31(5)71)24-55(62)99-64-57(94-39(13)79)26-53(92-37(11)77)61(66(64)96-41(15)81)59-50(89-34(8)74)21-46(85-30(4)70)22-51(59)90-35(9)75/h16-26H,1-15H3. The molecule has 6 rings (SSSR count). The minimum absolute atomic E-state index is 0.406. The summed E-state index contributed by atoms with van der Waals surface area (Å²) in [4.78, 5) is 195. The summed E-state index contributed by atoms with van der Waals surface area (Å²) in [6.07, 6.45) is 0. The average molecular weight is 1380 g/mol. The molecule has 0 unspecified atom stereocenters. The summed E-state index contributed by atoms with van der Waals surface area (Å²) < 4.78 is 103. The monoisotopic (exact) mass is 1380 g/mol. The Morgan fingerprint density at radius 1 is 0.162 bits per heavy atom. The normalized spacial score (nSPS) is 10.4. The molecule has 99 heavy (non-hydrogen) atoms. The molecule has 6 aromatic carbocycles. The van der Waals surface area contributed by atoms with Crippen molar-refractivity contribution in [1.82, 2.24) is 0 Å². The summed E-state index contributed by atoms with van der Waals surface area (Å²) in [6, 6.07) is 9.93. The third-order valence-electron chi connectivity index (χ3n) is 11.2. The van der Waals surface area contributed by atoms with Crippen LogP contribution in [0.5, 0.6) is 121 Å².